The molecule has 0 aromatic heterocycles. The zero-order chi connectivity index (χ0) is 20.2. The maximum atomic E-state index is 12.9. The van der Waals surface area contributed by atoms with Crippen LogP contribution in [0, 0.1) is 12.8 Å². The first-order valence-corrected chi connectivity index (χ1v) is 10.2. The van der Waals surface area contributed by atoms with Crippen molar-refractivity contribution in [2.75, 3.05) is 43.1 Å². The van der Waals surface area contributed by atoms with E-state index in [4.69, 9.17) is 4.74 Å². The topological polar surface area (TPSA) is 61.9 Å². The normalized spacial score (nSPS) is 19.5. The largest absolute Gasteiger partial charge is 0.378 e. The molecule has 6 heteroatoms. The van der Waals surface area contributed by atoms with Gasteiger partial charge in [-0.05, 0) is 24.6 Å². The van der Waals surface area contributed by atoms with Crippen molar-refractivity contribution in [3.63, 3.8) is 0 Å². The lowest BCUT2D eigenvalue weighted by Crippen LogP contribution is -2.37. The highest BCUT2D eigenvalue weighted by Gasteiger charge is 2.34. The average molecular weight is 393 g/mol. The monoisotopic (exact) mass is 393 g/mol. The van der Waals surface area contributed by atoms with E-state index in [2.05, 4.69) is 10.2 Å². The zero-order valence-electron chi connectivity index (χ0n) is 16.8. The molecule has 2 heterocycles. The first-order valence-electron chi connectivity index (χ1n) is 10.2. The van der Waals surface area contributed by atoms with Gasteiger partial charge in [-0.1, -0.05) is 42.0 Å². The summed E-state index contributed by atoms with van der Waals surface area (Å²) in [5, 5.41) is 3.06. The van der Waals surface area contributed by atoms with Crippen LogP contribution in [0.1, 0.15) is 17.5 Å². The number of carbonyl (C=O) groups excluding carboxylic acids is 2. The van der Waals surface area contributed by atoms with Gasteiger partial charge < -0.3 is 19.9 Å². The van der Waals surface area contributed by atoms with Crippen LogP contribution in [0.4, 0.5) is 11.4 Å². The fourth-order valence-corrected chi connectivity index (χ4v) is 3.91. The van der Waals surface area contributed by atoms with Gasteiger partial charge in [-0.25, -0.2) is 0 Å². The summed E-state index contributed by atoms with van der Waals surface area (Å²) in [5.41, 5.74) is 4.08. The highest BCUT2D eigenvalue weighted by molar-refractivity contribution is 5.99. The van der Waals surface area contributed by atoms with Gasteiger partial charge in [-0.15, -0.1) is 0 Å². The number of hydrogen-bond donors (Lipinski definition) is 1. The van der Waals surface area contributed by atoms with Gasteiger partial charge in [0.15, 0.2) is 0 Å². The third-order valence-electron chi connectivity index (χ3n) is 5.59. The van der Waals surface area contributed by atoms with Crippen molar-refractivity contribution in [1.29, 1.82) is 0 Å². The number of amides is 2. The Labute approximate surface area is 171 Å². The minimum atomic E-state index is -0.328. The summed E-state index contributed by atoms with van der Waals surface area (Å²) in [7, 11) is 0. The molecule has 0 aliphatic carbocycles. The molecule has 2 fully saturated rings. The Morgan fingerprint density at radius 1 is 1.10 bits per heavy atom. The van der Waals surface area contributed by atoms with Gasteiger partial charge in [-0.2, -0.15) is 0 Å². The van der Waals surface area contributed by atoms with E-state index in [9.17, 15) is 9.59 Å². The Morgan fingerprint density at radius 3 is 2.59 bits per heavy atom. The Kier molecular flexibility index (Phi) is 5.81. The summed E-state index contributed by atoms with van der Waals surface area (Å²) in [6, 6.07) is 16.0. The number of ether oxygens (including phenoxy) is 1. The summed E-state index contributed by atoms with van der Waals surface area (Å²) >= 11 is 0. The third kappa shape index (κ3) is 4.59. The number of morpholine rings is 1. The minimum Gasteiger partial charge on any atom is -0.378 e. The first-order chi connectivity index (χ1) is 14.1. The molecule has 2 aromatic carbocycles. The Balaban J connectivity index is 1.40. The van der Waals surface area contributed by atoms with Crippen LogP contribution in [-0.4, -0.2) is 49.6 Å². The molecule has 0 radical (unpaired) electrons. The summed E-state index contributed by atoms with van der Waals surface area (Å²) in [6.45, 7) is 6.03. The van der Waals surface area contributed by atoms with Crippen LogP contribution in [0.3, 0.4) is 0 Å². The lowest BCUT2D eigenvalue weighted by Gasteiger charge is -2.30. The highest BCUT2D eigenvalue weighted by Crippen LogP contribution is 2.28. The van der Waals surface area contributed by atoms with Crippen molar-refractivity contribution in [2.45, 2.75) is 19.9 Å². The molecule has 6 nitrogen and oxygen atoms in total. The van der Waals surface area contributed by atoms with Gasteiger partial charge in [0.2, 0.25) is 11.8 Å². The van der Waals surface area contributed by atoms with Gasteiger partial charge in [0, 0.05) is 32.6 Å². The molecule has 2 amide bonds. The van der Waals surface area contributed by atoms with E-state index in [-0.39, 0.29) is 24.2 Å². The maximum absolute atomic E-state index is 12.9. The summed E-state index contributed by atoms with van der Waals surface area (Å²) in [5.74, 6) is -0.386. The Morgan fingerprint density at radius 2 is 1.83 bits per heavy atom. The van der Waals surface area contributed by atoms with E-state index in [1.165, 1.54) is 5.56 Å². The quantitative estimate of drug-likeness (QED) is 0.849. The van der Waals surface area contributed by atoms with Crippen LogP contribution in [-0.2, 0) is 20.9 Å². The van der Waals surface area contributed by atoms with Crippen molar-refractivity contribution in [3.8, 4) is 0 Å². The third-order valence-corrected chi connectivity index (χ3v) is 5.59. The molecule has 2 aromatic rings. The number of hydrogen-bond acceptors (Lipinski definition) is 4. The number of carbonyl (C=O) groups is 2. The molecular weight excluding hydrogens is 366 g/mol. The Bertz CT molecular complexity index is 875. The summed E-state index contributed by atoms with van der Waals surface area (Å²) in [6.07, 6.45) is 0.261. The molecule has 0 bridgehead atoms. The predicted octanol–water partition coefficient (Wildman–Crippen LogP) is 2.82. The standard InChI is InChI=1S/C23H27N3O3/c1-17-6-8-18(9-7-17)15-26-16-19(14-22(26)27)23(28)24-20-4-2-3-5-21(20)25-10-12-29-13-11-25/h2-9,19H,10-16H2,1H3,(H,24,28). The zero-order valence-corrected chi connectivity index (χ0v) is 16.8. The number of rotatable bonds is 5. The minimum absolute atomic E-state index is 0.0344. The molecule has 1 N–H and O–H groups in total. The molecule has 2 saturated heterocycles. The van der Waals surface area contributed by atoms with Crippen molar-refractivity contribution < 1.29 is 14.3 Å². The second kappa shape index (κ2) is 8.66. The van der Waals surface area contributed by atoms with E-state index in [0.29, 0.717) is 26.3 Å². The van der Waals surface area contributed by atoms with Gasteiger partial charge in [-0.3, -0.25) is 9.59 Å². The van der Waals surface area contributed by atoms with E-state index < -0.39 is 0 Å². The lowest BCUT2D eigenvalue weighted by molar-refractivity contribution is -0.128. The molecule has 0 saturated carbocycles. The molecular formula is C23H27N3O3. The molecule has 4 rings (SSSR count). The van der Waals surface area contributed by atoms with E-state index in [0.717, 1.165) is 30.0 Å². The van der Waals surface area contributed by atoms with Crippen molar-refractivity contribution in [1.82, 2.24) is 4.90 Å². The number of aryl methyl sites for hydroxylation is 1. The number of nitrogens with zero attached hydrogens (tertiary/aromatic N) is 2. The number of para-hydroxylation sites is 2. The fraction of sp³-hybridized carbons (Fsp3) is 0.391. The van der Waals surface area contributed by atoms with Crippen molar-refractivity contribution in [3.05, 3.63) is 59.7 Å². The fourth-order valence-electron chi connectivity index (χ4n) is 3.91. The maximum Gasteiger partial charge on any atom is 0.229 e. The van der Waals surface area contributed by atoms with Crippen LogP contribution in [0.2, 0.25) is 0 Å². The molecule has 152 valence electrons. The van der Waals surface area contributed by atoms with Crippen LogP contribution in [0.15, 0.2) is 48.5 Å². The lowest BCUT2D eigenvalue weighted by atomic mass is 10.1. The number of benzene rings is 2. The van der Waals surface area contributed by atoms with Crippen LogP contribution < -0.4 is 10.2 Å². The number of likely N-dealkylation sites (tertiary alicyclic amines) is 1. The van der Waals surface area contributed by atoms with E-state index >= 15 is 0 Å². The molecule has 0 spiro atoms. The van der Waals surface area contributed by atoms with Crippen molar-refractivity contribution >= 4 is 23.2 Å². The summed E-state index contributed by atoms with van der Waals surface area (Å²) in [4.78, 5) is 29.4. The molecule has 1 unspecified atom stereocenters. The van der Waals surface area contributed by atoms with Gasteiger partial charge in [0.05, 0.1) is 30.5 Å². The smallest absolute Gasteiger partial charge is 0.229 e. The molecule has 29 heavy (non-hydrogen) atoms. The SMILES string of the molecule is Cc1ccc(CN2CC(C(=O)Nc3ccccc3N3CCOCC3)CC2=O)cc1. The van der Waals surface area contributed by atoms with E-state index in [1.807, 2.05) is 55.5 Å². The molecule has 2 aliphatic heterocycles. The first kappa shape index (κ1) is 19.5. The van der Waals surface area contributed by atoms with Gasteiger partial charge in [0.25, 0.3) is 0 Å². The molecule has 2 aliphatic rings. The number of nitrogens with one attached hydrogen (secondary N) is 1. The van der Waals surface area contributed by atoms with Crippen LogP contribution in [0.5, 0.6) is 0 Å². The predicted molar refractivity (Wildman–Crippen MR) is 113 cm³/mol. The Hall–Kier alpha value is -2.86. The van der Waals surface area contributed by atoms with Gasteiger partial charge >= 0.3 is 0 Å². The average Bonchev–Trinajstić information content (AvgIpc) is 3.11. The second-order valence-electron chi connectivity index (χ2n) is 7.77. The van der Waals surface area contributed by atoms with Crippen LogP contribution >= 0.6 is 0 Å². The number of anilines is 2. The van der Waals surface area contributed by atoms with Gasteiger partial charge in [0.1, 0.15) is 0 Å². The second-order valence-corrected chi connectivity index (χ2v) is 7.77. The van der Waals surface area contributed by atoms with Crippen molar-refractivity contribution in [2.24, 2.45) is 5.92 Å². The molecule has 1 atom stereocenters. The van der Waals surface area contributed by atoms with Crippen LogP contribution in [0.25, 0.3) is 0 Å². The van der Waals surface area contributed by atoms with E-state index in [1.54, 1.807) is 4.90 Å². The summed E-state index contributed by atoms with van der Waals surface area (Å²) < 4.78 is 5.43. The highest BCUT2D eigenvalue weighted by atomic mass is 16.5.